The summed E-state index contributed by atoms with van der Waals surface area (Å²) in [5, 5.41) is 11.6. The first-order valence-electron chi connectivity index (χ1n) is 6.54. The van der Waals surface area contributed by atoms with Gasteiger partial charge in [-0.3, -0.25) is 19.8 Å². The summed E-state index contributed by atoms with van der Waals surface area (Å²) in [7, 11) is 0. The monoisotopic (exact) mass is 359 g/mol. The molecule has 21 heavy (non-hydrogen) atoms. The molecule has 1 fully saturated rings. The molecule has 0 bridgehead atoms. The summed E-state index contributed by atoms with van der Waals surface area (Å²) in [6, 6.07) is 2.97. The van der Waals surface area contributed by atoms with Crippen molar-refractivity contribution >= 4 is 27.5 Å². The van der Waals surface area contributed by atoms with Gasteiger partial charge >= 0.3 is 0 Å². The molecule has 1 amide bonds. The molecule has 0 radical (unpaired) electrons. The van der Waals surface area contributed by atoms with E-state index in [4.69, 9.17) is 0 Å². The largest absolute Gasteiger partial charge is 0.336 e. The Kier molecular flexibility index (Phi) is 5.24. The van der Waals surface area contributed by atoms with Crippen LogP contribution < -0.4 is 0 Å². The van der Waals surface area contributed by atoms with Gasteiger partial charge in [-0.2, -0.15) is 0 Å². The van der Waals surface area contributed by atoms with Crippen LogP contribution in [-0.2, 0) is 0 Å². The third-order valence-corrected chi connectivity index (χ3v) is 3.76. The lowest BCUT2D eigenvalue weighted by molar-refractivity contribution is -0.385. The molecule has 1 aromatic carbocycles. The van der Waals surface area contributed by atoms with Gasteiger partial charge in [-0.1, -0.05) is 15.9 Å². The van der Waals surface area contributed by atoms with Gasteiger partial charge in [-0.15, -0.1) is 0 Å². The van der Waals surface area contributed by atoms with E-state index in [1.807, 2.05) is 0 Å². The van der Waals surface area contributed by atoms with Gasteiger partial charge in [0.15, 0.2) is 0 Å². The summed E-state index contributed by atoms with van der Waals surface area (Å²) in [5.41, 5.74) is -0.382. The number of nitro groups is 1. The van der Waals surface area contributed by atoms with Crippen LogP contribution in [0.15, 0.2) is 18.2 Å². The molecular formula is C13H15BrFN3O3. The van der Waals surface area contributed by atoms with Crippen LogP contribution in [0.25, 0.3) is 0 Å². The molecule has 0 saturated carbocycles. The lowest BCUT2D eigenvalue weighted by atomic mass is 10.1. The molecule has 114 valence electrons. The minimum atomic E-state index is -0.773. The molecule has 1 aromatic rings. The highest BCUT2D eigenvalue weighted by Gasteiger charge is 2.23. The van der Waals surface area contributed by atoms with Crippen molar-refractivity contribution in [2.75, 3.05) is 38.1 Å². The SMILES string of the molecule is O=C(c1cc(F)cc([N+](=O)[O-])c1)N1CCN(CCBr)CC1. The Bertz CT molecular complexity index is 547. The summed E-state index contributed by atoms with van der Waals surface area (Å²) in [6.07, 6.45) is 0. The first-order chi connectivity index (χ1) is 10.0. The smallest absolute Gasteiger partial charge is 0.273 e. The number of halogens is 2. The molecule has 2 rings (SSSR count). The van der Waals surface area contributed by atoms with Crippen LogP contribution in [0.4, 0.5) is 10.1 Å². The maximum absolute atomic E-state index is 13.4. The molecule has 6 nitrogen and oxygen atoms in total. The highest BCUT2D eigenvalue weighted by molar-refractivity contribution is 9.09. The molecule has 1 saturated heterocycles. The number of non-ortho nitro benzene ring substituents is 1. The Balaban J connectivity index is 2.09. The first-order valence-corrected chi connectivity index (χ1v) is 7.66. The van der Waals surface area contributed by atoms with Crippen LogP contribution in [0.5, 0.6) is 0 Å². The molecule has 0 N–H and O–H groups in total. The maximum Gasteiger partial charge on any atom is 0.273 e. The van der Waals surface area contributed by atoms with Gasteiger partial charge in [-0.25, -0.2) is 4.39 Å². The van der Waals surface area contributed by atoms with Crippen molar-refractivity contribution in [3.8, 4) is 0 Å². The van der Waals surface area contributed by atoms with E-state index in [9.17, 15) is 19.3 Å². The minimum absolute atomic E-state index is 0.0237. The topological polar surface area (TPSA) is 66.7 Å². The van der Waals surface area contributed by atoms with Crippen molar-refractivity contribution in [2.45, 2.75) is 0 Å². The number of nitrogens with zero attached hydrogens (tertiary/aromatic N) is 3. The summed E-state index contributed by atoms with van der Waals surface area (Å²) in [6.45, 7) is 3.48. The van der Waals surface area contributed by atoms with Crippen LogP contribution >= 0.6 is 15.9 Å². The van der Waals surface area contributed by atoms with E-state index in [2.05, 4.69) is 20.8 Å². The quantitative estimate of drug-likeness (QED) is 0.467. The predicted molar refractivity (Wildman–Crippen MR) is 79.2 cm³/mol. The number of hydrogen-bond acceptors (Lipinski definition) is 4. The van der Waals surface area contributed by atoms with E-state index in [1.165, 1.54) is 0 Å². The fourth-order valence-corrected chi connectivity index (χ4v) is 2.78. The number of amides is 1. The van der Waals surface area contributed by atoms with Gasteiger partial charge in [-0.05, 0) is 6.07 Å². The molecule has 8 heteroatoms. The van der Waals surface area contributed by atoms with Crippen LogP contribution in [0.1, 0.15) is 10.4 Å². The van der Waals surface area contributed by atoms with Crippen molar-refractivity contribution < 1.29 is 14.1 Å². The molecule has 0 spiro atoms. The van der Waals surface area contributed by atoms with Crippen molar-refractivity contribution in [2.24, 2.45) is 0 Å². The van der Waals surface area contributed by atoms with E-state index < -0.39 is 16.4 Å². The Labute approximate surface area is 129 Å². The Hall–Kier alpha value is -1.54. The number of benzene rings is 1. The summed E-state index contributed by atoms with van der Waals surface area (Å²) >= 11 is 3.37. The Morgan fingerprint density at radius 2 is 1.95 bits per heavy atom. The van der Waals surface area contributed by atoms with Gasteiger partial charge in [0.1, 0.15) is 5.82 Å². The highest BCUT2D eigenvalue weighted by Crippen LogP contribution is 2.18. The predicted octanol–water partition coefficient (Wildman–Crippen LogP) is 1.89. The van der Waals surface area contributed by atoms with Gasteiger partial charge in [0, 0.05) is 49.7 Å². The van der Waals surface area contributed by atoms with E-state index in [1.54, 1.807) is 4.90 Å². The van der Waals surface area contributed by atoms with Crippen LogP contribution in [-0.4, -0.2) is 58.7 Å². The highest BCUT2D eigenvalue weighted by atomic mass is 79.9. The van der Waals surface area contributed by atoms with Gasteiger partial charge in [0.05, 0.1) is 11.0 Å². The first kappa shape index (κ1) is 15.8. The Morgan fingerprint density at radius 1 is 1.29 bits per heavy atom. The zero-order chi connectivity index (χ0) is 15.4. The molecular weight excluding hydrogens is 345 g/mol. The standard InChI is InChI=1S/C13H15BrFN3O3/c14-1-2-16-3-5-17(6-4-16)13(19)10-7-11(15)9-12(8-10)18(20)21/h7-9H,1-6H2. The second-order valence-corrected chi connectivity index (χ2v) is 5.57. The molecule has 0 unspecified atom stereocenters. The van der Waals surface area contributed by atoms with Gasteiger partial charge in [0.25, 0.3) is 11.6 Å². The van der Waals surface area contributed by atoms with E-state index in [0.717, 1.165) is 43.2 Å². The number of nitro benzene ring substituents is 1. The fourth-order valence-electron chi connectivity index (χ4n) is 2.28. The fraction of sp³-hybridized carbons (Fsp3) is 0.462. The number of hydrogen-bond donors (Lipinski definition) is 0. The molecule has 1 aliphatic rings. The summed E-state index contributed by atoms with van der Waals surface area (Å²) in [5.74, 6) is -1.14. The second kappa shape index (κ2) is 6.95. The molecule has 0 atom stereocenters. The molecule has 0 aliphatic carbocycles. The maximum atomic E-state index is 13.4. The van der Waals surface area contributed by atoms with E-state index in [0.29, 0.717) is 13.1 Å². The zero-order valence-corrected chi connectivity index (χ0v) is 12.9. The summed E-state index contributed by atoms with van der Waals surface area (Å²) in [4.78, 5) is 26.1. The minimum Gasteiger partial charge on any atom is -0.336 e. The number of alkyl halides is 1. The van der Waals surface area contributed by atoms with E-state index in [-0.39, 0.29) is 11.5 Å². The molecule has 1 heterocycles. The average molecular weight is 360 g/mol. The van der Waals surface area contributed by atoms with Crippen molar-refractivity contribution in [1.82, 2.24) is 9.80 Å². The van der Waals surface area contributed by atoms with Crippen molar-refractivity contribution in [1.29, 1.82) is 0 Å². The van der Waals surface area contributed by atoms with Crippen molar-refractivity contribution in [3.05, 3.63) is 39.7 Å². The lowest BCUT2D eigenvalue weighted by Gasteiger charge is -2.34. The zero-order valence-electron chi connectivity index (χ0n) is 11.3. The van der Waals surface area contributed by atoms with Gasteiger partial charge in [0.2, 0.25) is 0 Å². The average Bonchev–Trinajstić information content (AvgIpc) is 2.47. The van der Waals surface area contributed by atoms with E-state index >= 15 is 0 Å². The third kappa shape index (κ3) is 3.98. The summed E-state index contributed by atoms with van der Waals surface area (Å²) < 4.78 is 13.4. The Morgan fingerprint density at radius 3 is 2.52 bits per heavy atom. The van der Waals surface area contributed by atoms with Crippen molar-refractivity contribution in [3.63, 3.8) is 0 Å². The third-order valence-electron chi connectivity index (χ3n) is 3.40. The van der Waals surface area contributed by atoms with Crippen LogP contribution in [0, 0.1) is 15.9 Å². The van der Waals surface area contributed by atoms with Gasteiger partial charge < -0.3 is 4.90 Å². The normalized spacial score (nSPS) is 16.0. The molecule has 1 aliphatic heterocycles. The number of piperazine rings is 1. The number of carbonyl (C=O) groups excluding carboxylic acids is 1. The van der Waals surface area contributed by atoms with Crippen LogP contribution in [0.2, 0.25) is 0 Å². The number of rotatable bonds is 4. The second-order valence-electron chi connectivity index (χ2n) is 4.78. The lowest BCUT2D eigenvalue weighted by Crippen LogP contribution is -2.49. The molecule has 0 aromatic heterocycles. The van der Waals surface area contributed by atoms with Crippen LogP contribution in [0.3, 0.4) is 0 Å². The number of carbonyl (C=O) groups is 1.